The van der Waals surface area contributed by atoms with Crippen molar-refractivity contribution in [2.45, 2.75) is 69.6 Å². The predicted octanol–water partition coefficient (Wildman–Crippen LogP) is 4.29. The third-order valence-electron chi connectivity index (χ3n) is 7.89. The average molecular weight is 542 g/mol. The number of ether oxygens (including phenoxy) is 1. The summed E-state index contributed by atoms with van der Waals surface area (Å²) in [6.07, 6.45) is 6.74. The van der Waals surface area contributed by atoms with Gasteiger partial charge in [0.2, 0.25) is 0 Å². The van der Waals surface area contributed by atoms with Gasteiger partial charge in [-0.05, 0) is 49.9 Å². The molecule has 1 saturated carbocycles. The largest absolute Gasteiger partial charge is 0.381 e. The lowest BCUT2D eigenvalue weighted by atomic mass is 9.90. The number of nitrogens with zero attached hydrogens (tertiary/aromatic N) is 2. The Morgan fingerprint density at radius 2 is 1.81 bits per heavy atom. The number of benzene rings is 1. The maximum absolute atomic E-state index is 13.2. The van der Waals surface area contributed by atoms with Crippen LogP contribution < -0.4 is 10.6 Å². The summed E-state index contributed by atoms with van der Waals surface area (Å²) in [6.45, 7) is 3.51. The van der Waals surface area contributed by atoms with Crippen LogP contribution in [0.5, 0.6) is 0 Å². The van der Waals surface area contributed by atoms with Crippen LogP contribution in [0.1, 0.15) is 69.4 Å². The number of carbonyl (C=O) groups is 2. The van der Waals surface area contributed by atoms with E-state index in [4.69, 9.17) is 21.3 Å². The number of amides is 2. The highest BCUT2D eigenvalue weighted by Crippen LogP contribution is 2.29. The molecule has 2 amide bonds. The Kier molecular flexibility index (Phi) is 7.20. The van der Waals surface area contributed by atoms with Crippen LogP contribution in [0.25, 0.3) is 10.9 Å². The highest BCUT2D eigenvalue weighted by molar-refractivity contribution is 7.13. The number of aromatic amines is 1. The van der Waals surface area contributed by atoms with Gasteiger partial charge in [0.1, 0.15) is 5.69 Å². The molecule has 2 fully saturated rings. The molecule has 2 aromatic heterocycles. The van der Waals surface area contributed by atoms with E-state index >= 15 is 0 Å². The van der Waals surface area contributed by atoms with Crippen molar-refractivity contribution in [3.05, 3.63) is 50.6 Å². The Hall–Kier alpha value is -2.46. The molecule has 0 unspecified atom stereocenters. The SMILES string of the molecule is O=C(N[C@H]1CCCC[C@H]1NC(=O)c1nc2c(s1)CN(C1CCOCC1)CC2)c1cc2cc(Cl)ccc2[nH]1. The van der Waals surface area contributed by atoms with Gasteiger partial charge < -0.3 is 20.4 Å². The van der Waals surface area contributed by atoms with Gasteiger partial charge in [-0.15, -0.1) is 11.3 Å². The summed E-state index contributed by atoms with van der Waals surface area (Å²) in [5.74, 6) is -0.306. The molecule has 1 aromatic carbocycles. The molecule has 10 heteroatoms. The number of nitrogens with one attached hydrogen (secondary N) is 3. The Morgan fingerprint density at radius 3 is 2.59 bits per heavy atom. The van der Waals surface area contributed by atoms with Crippen molar-refractivity contribution in [2.24, 2.45) is 0 Å². The van der Waals surface area contributed by atoms with Crippen molar-refractivity contribution < 1.29 is 14.3 Å². The molecule has 2 atom stereocenters. The number of fused-ring (bicyclic) bond motifs is 2. The van der Waals surface area contributed by atoms with Gasteiger partial charge >= 0.3 is 0 Å². The zero-order chi connectivity index (χ0) is 25.4. The summed E-state index contributed by atoms with van der Waals surface area (Å²) >= 11 is 7.61. The predicted molar refractivity (Wildman–Crippen MR) is 144 cm³/mol. The minimum atomic E-state index is -0.170. The van der Waals surface area contributed by atoms with E-state index in [-0.39, 0.29) is 23.9 Å². The second kappa shape index (κ2) is 10.7. The van der Waals surface area contributed by atoms with Crippen LogP contribution in [0.15, 0.2) is 24.3 Å². The van der Waals surface area contributed by atoms with Crippen LogP contribution in [-0.2, 0) is 17.7 Å². The summed E-state index contributed by atoms with van der Waals surface area (Å²) in [4.78, 5) is 37.9. The van der Waals surface area contributed by atoms with Gasteiger partial charge in [0.15, 0.2) is 5.01 Å². The molecule has 1 saturated heterocycles. The number of hydrogen-bond donors (Lipinski definition) is 3. The van der Waals surface area contributed by atoms with E-state index in [1.54, 1.807) is 6.07 Å². The number of halogens is 1. The van der Waals surface area contributed by atoms with E-state index in [1.165, 1.54) is 16.2 Å². The third-order valence-corrected chi connectivity index (χ3v) is 9.20. The second-order valence-corrected chi connectivity index (χ2v) is 11.8. The van der Waals surface area contributed by atoms with Crippen LogP contribution in [0.2, 0.25) is 5.02 Å². The van der Waals surface area contributed by atoms with E-state index < -0.39 is 0 Å². The molecule has 1 aliphatic carbocycles. The number of H-pyrrole nitrogens is 1. The van der Waals surface area contributed by atoms with E-state index in [9.17, 15) is 9.59 Å². The van der Waals surface area contributed by atoms with Crippen molar-refractivity contribution in [1.29, 1.82) is 0 Å². The van der Waals surface area contributed by atoms with Crippen molar-refractivity contribution in [2.75, 3.05) is 19.8 Å². The molecule has 3 aliphatic rings. The number of rotatable bonds is 5. The first kappa shape index (κ1) is 24.9. The lowest BCUT2D eigenvalue weighted by Crippen LogP contribution is -2.53. The summed E-state index contributed by atoms with van der Waals surface area (Å²) in [5.41, 5.74) is 2.42. The van der Waals surface area contributed by atoms with Crippen LogP contribution in [-0.4, -0.2) is 64.6 Å². The van der Waals surface area contributed by atoms with Crippen molar-refractivity contribution in [1.82, 2.24) is 25.5 Å². The van der Waals surface area contributed by atoms with E-state index in [0.717, 1.165) is 87.8 Å². The fraction of sp³-hybridized carbons (Fsp3) is 0.519. The normalized spacial score (nSPS) is 23.1. The van der Waals surface area contributed by atoms with Gasteiger partial charge in [0.05, 0.1) is 5.69 Å². The number of carbonyl (C=O) groups excluding carboxylic acids is 2. The maximum atomic E-state index is 13.2. The minimum Gasteiger partial charge on any atom is -0.381 e. The van der Waals surface area contributed by atoms with Gasteiger partial charge in [-0.1, -0.05) is 24.4 Å². The fourth-order valence-corrected chi connectivity index (χ4v) is 7.07. The lowest BCUT2D eigenvalue weighted by molar-refractivity contribution is 0.0293. The molecule has 8 nitrogen and oxygen atoms in total. The van der Waals surface area contributed by atoms with E-state index in [0.29, 0.717) is 21.8 Å². The Balaban J connectivity index is 1.10. The first-order valence-electron chi connectivity index (χ1n) is 13.2. The molecule has 0 radical (unpaired) electrons. The average Bonchev–Trinajstić information content (AvgIpc) is 3.54. The van der Waals surface area contributed by atoms with Crippen molar-refractivity contribution in [3.8, 4) is 0 Å². The van der Waals surface area contributed by atoms with Crippen LogP contribution in [0.3, 0.4) is 0 Å². The molecule has 6 rings (SSSR count). The summed E-state index contributed by atoms with van der Waals surface area (Å²) < 4.78 is 5.52. The summed E-state index contributed by atoms with van der Waals surface area (Å²) in [5, 5.41) is 8.41. The van der Waals surface area contributed by atoms with Crippen LogP contribution >= 0.6 is 22.9 Å². The number of thiazole rings is 1. The molecule has 2 aliphatic heterocycles. The Labute approximate surface area is 225 Å². The summed E-state index contributed by atoms with van der Waals surface area (Å²) in [6, 6.07) is 7.63. The molecular formula is C27H32ClN5O3S. The molecule has 0 spiro atoms. The summed E-state index contributed by atoms with van der Waals surface area (Å²) in [7, 11) is 0. The van der Waals surface area contributed by atoms with Gasteiger partial charge in [-0.3, -0.25) is 14.5 Å². The van der Waals surface area contributed by atoms with E-state index in [1.807, 2.05) is 18.2 Å². The standard InChI is InChI=1S/C27H32ClN5O3S/c28-17-5-6-19-16(13-17)14-23(29-19)25(34)30-20-3-1-2-4-21(20)31-26(35)27-32-22-7-10-33(15-24(22)37-27)18-8-11-36-12-9-18/h5-6,13-14,18,20-21,29H,1-4,7-12,15H2,(H,30,34)(H,31,35)/t20-,21+/m0/s1. The quantitative estimate of drug-likeness (QED) is 0.447. The Morgan fingerprint density at radius 1 is 1.05 bits per heavy atom. The minimum absolute atomic E-state index is 0.122. The van der Waals surface area contributed by atoms with Crippen molar-refractivity contribution in [3.63, 3.8) is 0 Å². The molecular weight excluding hydrogens is 510 g/mol. The fourth-order valence-electron chi connectivity index (χ4n) is 5.85. The topological polar surface area (TPSA) is 99.3 Å². The molecule has 4 heterocycles. The highest BCUT2D eigenvalue weighted by Gasteiger charge is 2.32. The Bertz CT molecular complexity index is 1300. The van der Waals surface area contributed by atoms with Crippen LogP contribution in [0, 0.1) is 0 Å². The zero-order valence-corrected chi connectivity index (χ0v) is 22.3. The smallest absolute Gasteiger partial charge is 0.280 e. The van der Waals surface area contributed by atoms with Crippen molar-refractivity contribution >= 4 is 45.7 Å². The van der Waals surface area contributed by atoms with Crippen LogP contribution in [0.4, 0.5) is 0 Å². The first-order chi connectivity index (χ1) is 18.0. The monoisotopic (exact) mass is 541 g/mol. The second-order valence-electron chi connectivity index (χ2n) is 10.3. The third kappa shape index (κ3) is 5.41. The zero-order valence-electron chi connectivity index (χ0n) is 20.7. The van der Waals surface area contributed by atoms with Gasteiger partial charge in [0.25, 0.3) is 11.8 Å². The molecule has 0 bridgehead atoms. The number of aromatic nitrogens is 2. The van der Waals surface area contributed by atoms with Gasteiger partial charge in [0, 0.05) is 71.7 Å². The number of hydrogen-bond acceptors (Lipinski definition) is 6. The first-order valence-corrected chi connectivity index (χ1v) is 14.4. The van der Waals surface area contributed by atoms with Gasteiger partial charge in [-0.2, -0.15) is 0 Å². The van der Waals surface area contributed by atoms with Gasteiger partial charge in [-0.25, -0.2) is 4.98 Å². The lowest BCUT2D eigenvalue weighted by Gasteiger charge is -2.36. The molecule has 196 valence electrons. The van der Waals surface area contributed by atoms with E-state index in [2.05, 4.69) is 20.5 Å². The molecule has 3 aromatic rings. The molecule has 3 N–H and O–H groups in total. The maximum Gasteiger partial charge on any atom is 0.280 e. The molecule has 37 heavy (non-hydrogen) atoms. The highest BCUT2D eigenvalue weighted by atomic mass is 35.5.